The van der Waals surface area contributed by atoms with Crippen molar-refractivity contribution in [3.63, 3.8) is 0 Å². The molecule has 0 saturated heterocycles. The Hall–Kier alpha value is -1.07. The molecule has 1 N–H and O–H groups in total. The largest absolute Gasteiger partial charge is 0.385 e. The minimum atomic E-state index is -0.540. The van der Waals surface area contributed by atoms with Gasteiger partial charge in [0.25, 0.3) is 5.91 Å². The van der Waals surface area contributed by atoms with Crippen molar-refractivity contribution in [1.82, 2.24) is 5.32 Å². The molecule has 0 bridgehead atoms. The van der Waals surface area contributed by atoms with Gasteiger partial charge >= 0.3 is 0 Å². The third kappa shape index (κ3) is 3.83. The van der Waals surface area contributed by atoms with Crippen molar-refractivity contribution in [3.8, 4) is 0 Å². The molecule has 0 aliphatic rings. The van der Waals surface area contributed by atoms with Crippen LogP contribution >= 0.6 is 12.6 Å². The Bertz CT molecular complexity index is 371. The fraction of sp³-hybridized carbons (Fsp3) is 0.364. The van der Waals surface area contributed by atoms with Crippen LogP contribution in [0.3, 0.4) is 0 Å². The van der Waals surface area contributed by atoms with Crippen molar-refractivity contribution < 1.29 is 13.9 Å². The van der Waals surface area contributed by atoms with Crippen molar-refractivity contribution >= 4 is 18.5 Å². The summed E-state index contributed by atoms with van der Waals surface area (Å²) in [7, 11) is 1.59. The molecular formula is C11H14FNO2S. The maximum Gasteiger partial charge on any atom is 0.254 e. The molecule has 0 atom stereocenters. The van der Waals surface area contributed by atoms with E-state index in [4.69, 9.17) is 4.74 Å². The molecule has 0 aliphatic carbocycles. The molecule has 1 amide bonds. The van der Waals surface area contributed by atoms with Gasteiger partial charge in [-0.2, -0.15) is 0 Å². The Balaban J connectivity index is 2.55. The molecular weight excluding hydrogens is 229 g/mol. The quantitative estimate of drug-likeness (QED) is 0.612. The second-order valence-electron chi connectivity index (χ2n) is 3.27. The molecule has 0 unspecified atom stereocenters. The first-order chi connectivity index (χ1) is 7.65. The van der Waals surface area contributed by atoms with E-state index in [0.29, 0.717) is 24.5 Å². The number of amides is 1. The number of ether oxygens (including phenoxy) is 1. The van der Waals surface area contributed by atoms with E-state index in [1.54, 1.807) is 7.11 Å². The molecule has 0 saturated carbocycles. The maximum absolute atomic E-state index is 13.3. The normalized spacial score (nSPS) is 10.2. The summed E-state index contributed by atoms with van der Waals surface area (Å²) in [6.45, 7) is 1.03. The van der Waals surface area contributed by atoms with Gasteiger partial charge in [0, 0.05) is 25.2 Å². The van der Waals surface area contributed by atoms with Crippen molar-refractivity contribution in [2.24, 2.45) is 0 Å². The van der Waals surface area contributed by atoms with Crippen LogP contribution in [0.2, 0.25) is 0 Å². The van der Waals surface area contributed by atoms with Crippen LogP contribution < -0.4 is 5.32 Å². The predicted octanol–water partition coefficient (Wildman–Crippen LogP) is 1.88. The third-order valence-electron chi connectivity index (χ3n) is 2.01. The van der Waals surface area contributed by atoms with Crippen LogP contribution in [-0.4, -0.2) is 26.2 Å². The lowest BCUT2D eigenvalue weighted by Gasteiger charge is -2.06. The zero-order valence-corrected chi connectivity index (χ0v) is 9.89. The van der Waals surface area contributed by atoms with E-state index in [2.05, 4.69) is 17.9 Å². The van der Waals surface area contributed by atoms with E-state index < -0.39 is 11.7 Å². The lowest BCUT2D eigenvalue weighted by molar-refractivity contribution is 0.0944. The number of hydrogen-bond donors (Lipinski definition) is 2. The molecule has 1 aromatic rings. The van der Waals surface area contributed by atoms with E-state index >= 15 is 0 Å². The molecule has 0 aliphatic heterocycles. The van der Waals surface area contributed by atoms with Gasteiger partial charge in [-0.1, -0.05) is 0 Å². The zero-order valence-electron chi connectivity index (χ0n) is 9.00. The van der Waals surface area contributed by atoms with Crippen LogP contribution in [0.1, 0.15) is 16.8 Å². The minimum absolute atomic E-state index is 0.0184. The first-order valence-corrected chi connectivity index (χ1v) is 5.35. The number of hydrogen-bond acceptors (Lipinski definition) is 3. The number of benzene rings is 1. The summed E-state index contributed by atoms with van der Waals surface area (Å²) in [5.74, 6) is -0.966. The van der Waals surface area contributed by atoms with Gasteiger partial charge < -0.3 is 10.1 Å². The Morgan fingerprint density at radius 1 is 1.56 bits per heavy atom. The van der Waals surface area contributed by atoms with Crippen LogP contribution in [0.25, 0.3) is 0 Å². The lowest BCUT2D eigenvalue weighted by atomic mass is 10.2. The zero-order chi connectivity index (χ0) is 12.0. The van der Waals surface area contributed by atoms with Crippen LogP contribution in [0, 0.1) is 5.82 Å². The highest BCUT2D eigenvalue weighted by Gasteiger charge is 2.10. The van der Waals surface area contributed by atoms with Gasteiger partial charge in [0.2, 0.25) is 0 Å². The van der Waals surface area contributed by atoms with Crippen LogP contribution in [0.4, 0.5) is 4.39 Å². The Morgan fingerprint density at radius 3 is 3.00 bits per heavy atom. The Labute approximate surface area is 99.4 Å². The minimum Gasteiger partial charge on any atom is -0.385 e. The van der Waals surface area contributed by atoms with E-state index in [1.165, 1.54) is 18.2 Å². The third-order valence-corrected chi connectivity index (χ3v) is 2.28. The lowest BCUT2D eigenvalue weighted by Crippen LogP contribution is -2.26. The molecule has 1 aromatic carbocycles. The van der Waals surface area contributed by atoms with Crippen LogP contribution in [0.15, 0.2) is 23.1 Å². The maximum atomic E-state index is 13.3. The molecule has 0 aromatic heterocycles. The summed E-state index contributed by atoms with van der Waals surface area (Å²) < 4.78 is 18.1. The highest BCUT2D eigenvalue weighted by atomic mass is 32.1. The van der Waals surface area contributed by atoms with Gasteiger partial charge in [-0.25, -0.2) is 4.39 Å². The number of halogens is 1. The van der Waals surface area contributed by atoms with Gasteiger partial charge in [0.15, 0.2) is 0 Å². The first-order valence-electron chi connectivity index (χ1n) is 4.91. The summed E-state index contributed by atoms with van der Waals surface area (Å²) in [6, 6.07) is 4.14. The molecule has 0 spiro atoms. The second-order valence-corrected chi connectivity index (χ2v) is 3.78. The summed E-state index contributed by atoms with van der Waals surface area (Å²) in [4.78, 5) is 12.1. The average molecular weight is 243 g/mol. The summed E-state index contributed by atoms with van der Waals surface area (Å²) >= 11 is 4.05. The number of rotatable bonds is 5. The standard InChI is InChI=1S/C11H14FNO2S/c1-15-6-2-5-13-11(14)9-7-8(16)3-4-10(9)12/h3-4,7,16H,2,5-6H2,1H3,(H,13,14). The first kappa shape index (κ1) is 13.0. The Kier molecular flexibility index (Phi) is 5.28. The number of methoxy groups -OCH3 is 1. The number of carbonyl (C=O) groups excluding carboxylic acids is 1. The monoisotopic (exact) mass is 243 g/mol. The fourth-order valence-electron chi connectivity index (χ4n) is 1.20. The number of carbonyl (C=O) groups is 1. The Morgan fingerprint density at radius 2 is 2.31 bits per heavy atom. The molecule has 88 valence electrons. The van der Waals surface area contributed by atoms with Crippen molar-refractivity contribution in [2.45, 2.75) is 11.3 Å². The fourth-order valence-corrected chi connectivity index (χ4v) is 1.40. The summed E-state index contributed by atoms with van der Waals surface area (Å²) in [5, 5.41) is 2.61. The average Bonchev–Trinajstić information content (AvgIpc) is 2.27. The van der Waals surface area contributed by atoms with E-state index in [1.807, 2.05) is 0 Å². The van der Waals surface area contributed by atoms with Crippen molar-refractivity contribution in [3.05, 3.63) is 29.6 Å². The highest BCUT2D eigenvalue weighted by Crippen LogP contribution is 2.13. The van der Waals surface area contributed by atoms with Gasteiger partial charge in [0.05, 0.1) is 5.56 Å². The van der Waals surface area contributed by atoms with Crippen molar-refractivity contribution in [2.75, 3.05) is 20.3 Å². The summed E-state index contributed by atoms with van der Waals surface area (Å²) in [6.07, 6.45) is 0.699. The SMILES string of the molecule is COCCCNC(=O)c1cc(S)ccc1F. The van der Waals surface area contributed by atoms with Gasteiger partial charge in [-0.15, -0.1) is 12.6 Å². The number of thiol groups is 1. The smallest absolute Gasteiger partial charge is 0.254 e. The molecule has 1 rings (SSSR count). The summed E-state index contributed by atoms with van der Waals surface area (Å²) in [5.41, 5.74) is 0.0184. The van der Waals surface area contributed by atoms with Gasteiger partial charge in [0.1, 0.15) is 5.82 Å². The van der Waals surface area contributed by atoms with Crippen LogP contribution in [-0.2, 0) is 4.74 Å². The second kappa shape index (κ2) is 6.50. The highest BCUT2D eigenvalue weighted by molar-refractivity contribution is 7.80. The van der Waals surface area contributed by atoms with E-state index in [9.17, 15) is 9.18 Å². The number of nitrogens with one attached hydrogen (secondary N) is 1. The topological polar surface area (TPSA) is 38.3 Å². The van der Waals surface area contributed by atoms with E-state index in [0.717, 1.165) is 0 Å². The molecule has 16 heavy (non-hydrogen) atoms. The molecule has 0 fully saturated rings. The van der Waals surface area contributed by atoms with Crippen molar-refractivity contribution in [1.29, 1.82) is 0 Å². The molecule has 3 nitrogen and oxygen atoms in total. The van der Waals surface area contributed by atoms with Crippen LogP contribution in [0.5, 0.6) is 0 Å². The molecule has 0 heterocycles. The molecule has 0 radical (unpaired) electrons. The predicted molar refractivity (Wildman–Crippen MR) is 62.5 cm³/mol. The van der Waals surface area contributed by atoms with Gasteiger partial charge in [-0.3, -0.25) is 4.79 Å². The van der Waals surface area contributed by atoms with Gasteiger partial charge in [-0.05, 0) is 24.6 Å². The molecule has 5 heteroatoms. The van der Waals surface area contributed by atoms with E-state index in [-0.39, 0.29) is 5.56 Å².